The molecule has 4 bridgehead atoms. The Kier molecular flexibility index (Phi) is 3.32. The van der Waals surface area contributed by atoms with Gasteiger partial charge in [0.1, 0.15) is 11.6 Å². The van der Waals surface area contributed by atoms with Crippen molar-refractivity contribution < 1.29 is 9.59 Å². The van der Waals surface area contributed by atoms with Gasteiger partial charge in [0.15, 0.2) is 0 Å². The minimum atomic E-state index is -0.0161. The van der Waals surface area contributed by atoms with Gasteiger partial charge in [-0.25, -0.2) is 0 Å². The molecule has 0 saturated heterocycles. The van der Waals surface area contributed by atoms with E-state index >= 15 is 0 Å². The molecule has 9 aliphatic rings. The number of allylic oxidation sites excluding steroid dienone is 4. The maximum Gasteiger partial charge on any atom is 0.141 e. The molecule has 30 heavy (non-hydrogen) atoms. The van der Waals surface area contributed by atoms with Gasteiger partial charge in [-0.3, -0.25) is 9.59 Å². The molecule has 0 radical (unpaired) electrons. The molecule has 0 N–H and O–H groups in total. The number of fused-ring (bicyclic) bond motifs is 2. The van der Waals surface area contributed by atoms with Gasteiger partial charge < -0.3 is 0 Å². The van der Waals surface area contributed by atoms with Crippen molar-refractivity contribution in [2.75, 3.05) is 0 Å². The molecule has 9 aliphatic carbocycles. The molecule has 7 fully saturated rings. The third kappa shape index (κ3) is 1.91. The average Bonchev–Trinajstić information content (AvgIpc) is 2.74. The van der Waals surface area contributed by atoms with Crippen LogP contribution in [0.5, 0.6) is 0 Å². The summed E-state index contributed by atoms with van der Waals surface area (Å²) in [6, 6.07) is 0. The molecule has 0 unspecified atom stereocenters. The van der Waals surface area contributed by atoms with E-state index in [-0.39, 0.29) is 23.7 Å². The Morgan fingerprint density at radius 2 is 1.07 bits per heavy atom. The molecule has 0 spiro atoms. The summed E-state index contributed by atoms with van der Waals surface area (Å²) in [6.07, 6.45) is 11.4. The number of hydrogen-bond acceptors (Lipinski definition) is 2. The highest BCUT2D eigenvalue weighted by atomic mass is 16.1. The Balaban J connectivity index is 1.26. The zero-order valence-electron chi connectivity index (χ0n) is 19.0. The third-order valence-corrected chi connectivity index (χ3v) is 12.0. The zero-order valence-corrected chi connectivity index (χ0v) is 19.0. The number of carbonyl (C=O) groups is 2. The van der Waals surface area contributed by atoms with Crippen LogP contribution in [0, 0.1) is 70.0 Å². The van der Waals surface area contributed by atoms with Crippen molar-refractivity contribution in [3.8, 4) is 0 Å². The molecule has 0 aromatic carbocycles. The Hall–Kier alpha value is -1.18. The van der Waals surface area contributed by atoms with E-state index in [1.165, 1.54) is 12.8 Å². The summed E-state index contributed by atoms with van der Waals surface area (Å²) in [5, 5.41) is 0. The zero-order chi connectivity index (χ0) is 20.7. The summed E-state index contributed by atoms with van der Waals surface area (Å²) >= 11 is 0. The number of hydrogen-bond donors (Lipinski definition) is 0. The molecule has 0 heterocycles. The Morgan fingerprint density at radius 3 is 1.47 bits per heavy atom. The van der Waals surface area contributed by atoms with E-state index in [9.17, 15) is 9.59 Å². The minimum absolute atomic E-state index is 0.00534. The first kappa shape index (κ1) is 18.4. The van der Waals surface area contributed by atoms with Gasteiger partial charge in [-0.2, -0.15) is 0 Å². The number of carbonyl (C=O) groups excluding carboxylic acids is 2. The van der Waals surface area contributed by atoms with Gasteiger partial charge in [0.05, 0.1) is 0 Å². The normalized spacial score (nSPS) is 53.6. The van der Waals surface area contributed by atoms with Crippen molar-refractivity contribution in [2.24, 2.45) is 70.0 Å². The van der Waals surface area contributed by atoms with Gasteiger partial charge in [0, 0.05) is 23.7 Å². The molecular formula is C28H36O2. The fraction of sp³-hybridized carbons (Fsp3) is 0.786. The van der Waals surface area contributed by atoms with Crippen LogP contribution in [-0.4, -0.2) is 11.6 Å². The van der Waals surface area contributed by atoms with Gasteiger partial charge in [-0.1, -0.05) is 51.0 Å². The monoisotopic (exact) mass is 404 g/mol. The number of ketones is 2. The second-order valence-corrected chi connectivity index (χ2v) is 13.2. The van der Waals surface area contributed by atoms with Crippen molar-refractivity contribution in [1.29, 1.82) is 0 Å². The number of rotatable bonds is 0. The van der Waals surface area contributed by atoms with Crippen LogP contribution in [0.2, 0.25) is 0 Å². The lowest BCUT2D eigenvalue weighted by molar-refractivity contribution is -0.159. The molecule has 7 saturated carbocycles. The van der Waals surface area contributed by atoms with E-state index in [2.05, 4.69) is 39.8 Å². The van der Waals surface area contributed by atoms with Crippen molar-refractivity contribution >= 4 is 11.6 Å². The Morgan fingerprint density at radius 1 is 0.633 bits per heavy atom. The summed E-state index contributed by atoms with van der Waals surface area (Å²) in [5.41, 5.74) is 3.94. The van der Waals surface area contributed by atoms with Crippen molar-refractivity contribution in [2.45, 2.75) is 66.2 Å². The summed E-state index contributed by atoms with van der Waals surface area (Å²) in [6.45, 7) is 9.69. The van der Waals surface area contributed by atoms with Gasteiger partial charge >= 0.3 is 0 Å². The molecule has 0 aromatic heterocycles. The first-order valence-electron chi connectivity index (χ1n) is 12.7. The largest absolute Gasteiger partial charge is 0.299 e. The van der Waals surface area contributed by atoms with Gasteiger partial charge in [-0.15, -0.1) is 0 Å². The van der Waals surface area contributed by atoms with Gasteiger partial charge in [0.2, 0.25) is 0 Å². The van der Waals surface area contributed by atoms with Crippen LogP contribution < -0.4 is 0 Å². The quantitative estimate of drug-likeness (QED) is 0.491. The van der Waals surface area contributed by atoms with Crippen LogP contribution in [0.4, 0.5) is 0 Å². The first-order valence-corrected chi connectivity index (χ1v) is 12.7. The van der Waals surface area contributed by atoms with E-state index in [0.717, 1.165) is 37.5 Å². The lowest BCUT2D eigenvalue weighted by Crippen LogP contribution is -2.62. The van der Waals surface area contributed by atoms with Crippen molar-refractivity contribution in [1.82, 2.24) is 0 Å². The second kappa shape index (κ2) is 5.41. The first-order chi connectivity index (χ1) is 14.2. The smallest absolute Gasteiger partial charge is 0.141 e. The van der Waals surface area contributed by atoms with Crippen molar-refractivity contribution in [3.63, 3.8) is 0 Å². The van der Waals surface area contributed by atoms with Crippen LogP contribution in [0.3, 0.4) is 0 Å². The van der Waals surface area contributed by atoms with E-state index in [4.69, 9.17) is 0 Å². The van der Waals surface area contributed by atoms with Crippen LogP contribution in [0.1, 0.15) is 66.2 Å². The molecule has 160 valence electrons. The highest BCUT2D eigenvalue weighted by Crippen LogP contribution is 2.69. The maximum atomic E-state index is 14.2. The highest BCUT2D eigenvalue weighted by Gasteiger charge is 2.65. The molecule has 0 amide bonds. The second-order valence-electron chi connectivity index (χ2n) is 13.2. The molecule has 2 heteroatoms. The topological polar surface area (TPSA) is 34.1 Å². The van der Waals surface area contributed by atoms with E-state index in [1.807, 2.05) is 0 Å². The van der Waals surface area contributed by atoms with Crippen LogP contribution in [-0.2, 0) is 9.59 Å². The SMILES string of the molecule is CC1(C)[C@@H]2C[C@H]3C(=CC[C@H]4C(=O)[C@@H]5CC=C6[C@H](C[C@H]7C[C@@H]6C7(C)C)[C@H]5C(=O)[C@H]43)[C@@H]1C2. The molecule has 0 aliphatic heterocycles. The predicted molar refractivity (Wildman–Crippen MR) is 116 cm³/mol. The molecule has 0 aromatic rings. The fourth-order valence-corrected chi connectivity index (χ4v) is 9.92. The summed E-state index contributed by atoms with van der Waals surface area (Å²) in [5.74, 6) is 4.50. The van der Waals surface area contributed by atoms with Gasteiger partial charge in [0.25, 0.3) is 0 Å². The van der Waals surface area contributed by atoms with Crippen LogP contribution in [0.15, 0.2) is 23.3 Å². The van der Waals surface area contributed by atoms with E-state index in [0.29, 0.717) is 46.1 Å². The third-order valence-electron chi connectivity index (χ3n) is 12.0. The summed E-state index contributed by atoms with van der Waals surface area (Å²) in [7, 11) is 0. The molecule has 2 nitrogen and oxygen atoms in total. The molecule has 10 atom stereocenters. The maximum absolute atomic E-state index is 14.2. The lowest BCUT2D eigenvalue weighted by Gasteiger charge is -2.65. The molecule has 9 rings (SSSR count). The average molecular weight is 405 g/mol. The summed E-state index contributed by atoms with van der Waals surface area (Å²) in [4.78, 5) is 27.9. The fourth-order valence-electron chi connectivity index (χ4n) is 9.92. The number of Topliss-reactive ketones (excluding diaryl/α,β-unsaturated/α-hetero) is 2. The van der Waals surface area contributed by atoms with E-state index in [1.54, 1.807) is 11.1 Å². The standard InChI is InChI=1S/C28H36O2/c1-27(2)13-9-19-15(21(27)11-13)5-7-17-23(19)26(30)24-18(25(17)29)8-6-16-20(24)10-14-12-22(16)28(14,3)4/h5-6,13-14,17-24H,7-12H2,1-4H3/t13-,14+,17-,18-,19+,20+,21+,22+,23-,24+/m1/s1. The van der Waals surface area contributed by atoms with Crippen LogP contribution in [0.25, 0.3) is 0 Å². The molecular weight excluding hydrogens is 368 g/mol. The predicted octanol–water partition coefficient (Wildman–Crippen LogP) is 5.63. The Bertz CT molecular complexity index is 860. The van der Waals surface area contributed by atoms with Crippen LogP contribution >= 0.6 is 0 Å². The Labute approximate surface area is 180 Å². The lowest BCUT2D eigenvalue weighted by atomic mass is 9.39. The minimum Gasteiger partial charge on any atom is -0.299 e. The summed E-state index contributed by atoms with van der Waals surface area (Å²) < 4.78 is 0. The van der Waals surface area contributed by atoms with Crippen molar-refractivity contribution in [3.05, 3.63) is 23.3 Å². The van der Waals surface area contributed by atoms with Gasteiger partial charge in [-0.05, 0) is 84.9 Å². The highest BCUT2D eigenvalue weighted by molar-refractivity contribution is 6.01. The van der Waals surface area contributed by atoms with E-state index < -0.39 is 0 Å².